The molecule has 6 nitrogen and oxygen atoms in total. The van der Waals surface area contributed by atoms with Crippen LogP contribution in [0.25, 0.3) is 0 Å². The summed E-state index contributed by atoms with van der Waals surface area (Å²) in [7, 11) is 0. The van der Waals surface area contributed by atoms with Gasteiger partial charge in [-0.2, -0.15) is 0 Å². The number of benzene rings is 2. The topological polar surface area (TPSA) is 88.0 Å². The maximum atomic E-state index is 12.7. The highest BCUT2D eigenvalue weighted by atomic mass is 16.7. The lowest BCUT2D eigenvalue weighted by Gasteiger charge is -2.34. The maximum absolute atomic E-state index is 12.7. The zero-order valence-electron chi connectivity index (χ0n) is 13.9. The summed E-state index contributed by atoms with van der Waals surface area (Å²) in [5, 5.41) is 23.1. The quantitative estimate of drug-likeness (QED) is 0.683. The molecule has 0 aromatic heterocycles. The summed E-state index contributed by atoms with van der Waals surface area (Å²) in [5.74, 6) is 0.724. The highest BCUT2D eigenvalue weighted by Gasteiger charge is 2.36. The molecule has 3 N–H and O–H groups in total. The zero-order chi connectivity index (χ0) is 17.8. The molecule has 0 saturated heterocycles. The van der Waals surface area contributed by atoms with Crippen molar-refractivity contribution in [1.82, 2.24) is 0 Å². The number of anilines is 1. The molecule has 2 aromatic carbocycles. The number of ether oxygens (including phenoxy) is 2. The van der Waals surface area contributed by atoms with Gasteiger partial charge in [-0.05, 0) is 42.2 Å². The molecule has 1 unspecified atom stereocenters. The van der Waals surface area contributed by atoms with Gasteiger partial charge in [-0.3, -0.25) is 4.79 Å². The zero-order valence-corrected chi connectivity index (χ0v) is 13.9. The average Bonchev–Trinajstić information content (AvgIpc) is 3.08. The number of aromatic hydroxyl groups is 2. The number of rotatable bonds is 1. The molecule has 26 heavy (non-hydrogen) atoms. The Labute approximate surface area is 149 Å². The van der Waals surface area contributed by atoms with Crippen molar-refractivity contribution in [3.63, 3.8) is 0 Å². The van der Waals surface area contributed by atoms with E-state index in [1.165, 1.54) is 12.1 Å². The van der Waals surface area contributed by atoms with Crippen LogP contribution in [0.1, 0.15) is 36.3 Å². The van der Waals surface area contributed by atoms with Crippen molar-refractivity contribution in [3.05, 3.63) is 52.7 Å². The number of hydrogen-bond acceptors (Lipinski definition) is 6. The van der Waals surface area contributed by atoms with Gasteiger partial charge in [-0.25, -0.2) is 0 Å². The van der Waals surface area contributed by atoms with Gasteiger partial charge in [0.15, 0.2) is 28.8 Å². The van der Waals surface area contributed by atoms with Gasteiger partial charge < -0.3 is 25.0 Å². The molecule has 2 aromatic rings. The number of allylic oxidation sites excluding steroid dienone is 2. The Balaban J connectivity index is 1.74. The van der Waals surface area contributed by atoms with Gasteiger partial charge in [-0.1, -0.05) is 6.07 Å². The number of phenols is 2. The molecule has 0 spiro atoms. The smallest absolute Gasteiger partial charge is 0.231 e. The number of nitrogens with one attached hydrogen (secondary N) is 1. The van der Waals surface area contributed by atoms with Crippen LogP contribution in [-0.4, -0.2) is 22.8 Å². The van der Waals surface area contributed by atoms with E-state index in [0.717, 1.165) is 40.9 Å². The van der Waals surface area contributed by atoms with E-state index in [0.29, 0.717) is 17.9 Å². The number of hydrogen-bond donors (Lipinski definition) is 3. The Hall–Kier alpha value is -3.15. The van der Waals surface area contributed by atoms with E-state index in [-0.39, 0.29) is 30.0 Å². The SMILES string of the molecule is O=C1CCCC2=C1C(c1ccc(O)c(O)c1)c1cc3c(cc1N2)OCO3. The summed E-state index contributed by atoms with van der Waals surface area (Å²) in [6.45, 7) is 0.176. The first kappa shape index (κ1) is 15.1. The van der Waals surface area contributed by atoms with Crippen molar-refractivity contribution in [2.24, 2.45) is 0 Å². The van der Waals surface area contributed by atoms with E-state index < -0.39 is 0 Å². The minimum Gasteiger partial charge on any atom is -0.504 e. The lowest BCUT2D eigenvalue weighted by Crippen LogP contribution is -2.26. The third-order valence-electron chi connectivity index (χ3n) is 5.22. The van der Waals surface area contributed by atoms with Gasteiger partial charge in [0.05, 0.1) is 0 Å². The second-order valence-electron chi connectivity index (χ2n) is 6.77. The molecule has 0 bridgehead atoms. The Morgan fingerprint density at radius 1 is 1.00 bits per heavy atom. The third-order valence-corrected chi connectivity index (χ3v) is 5.22. The summed E-state index contributed by atoms with van der Waals surface area (Å²) in [5.41, 5.74) is 4.18. The second kappa shape index (κ2) is 5.42. The van der Waals surface area contributed by atoms with E-state index in [1.807, 2.05) is 12.1 Å². The molecule has 1 aliphatic carbocycles. The largest absolute Gasteiger partial charge is 0.504 e. The molecule has 1 atom stereocenters. The van der Waals surface area contributed by atoms with Gasteiger partial charge in [0.25, 0.3) is 0 Å². The summed E-state index contributed by atoms with van der Waals surface area (Å²) < 4.78 is 11.0. The van der Waals surface area contributed by atoms with Gasteiger partial charge in [0.2, 0.25) is 6.79 Å². The van der Waals surface area contributed by atoms with Gasteiger partial charge in [0, 0.05) is 35.4 Å². The molecule has 3 aliphatic rings. The number of carbonyl (C=O) groups is 1. The van der Waals surface area contributed by atoms with Crippen LogP contribution in [0, 0.1) is 0 Å². The van der Waals surface area contributed by atoms with Crippen molar-refractivity contribution in [1.29, 1.82) is 0 Å². The molecule has 2 heterocycles. The van der Waals surface area contributed by atoms with Crippen LogP contribution in [0.15, 0.2) is 41.6 Å². The number of carbonyl (C=O) groups excluding carboxylic acids is 1. The van der Waals surface area contributed by atoms with Crippen LogP contribution in [0.2, 0.25) is 0 Å². The van der Waals surface area contributed by atoms with Crippen molar-refractivity contribution >= 4 is 11.5 Å². The van der Waals surface area contributed by atoms with Crippen LogP contribution < -0.4 is 14.8 Å². The van der Waals surface area contributed by atoms with E-state index in [1.54, 1.807) is 6.07 Å². The molecule has 5 rings (SSSR count). The first-order valence-corrected chi connectivity index (χ1v) is 8.60. The van der Waals surface area contributed by atoms with Crippen molar-refractivity contribution in [3.8, 4) is 23.0 Å². The van der Waals surface area contributed by atoms with Gasteiger partial charge in [-0.15, -0.1) is 0 Å². The lowest BCUT2D eigenvalue weighted by molar-refractivity contribution is -0.116. The van der Waals surface area contributed by atoms with Gasteiger partial charge in [0.1, 0.15) is 0 Å². The lowest BCUT2D eigenvalue weighted by atomic mass is 9.75. The fraction of sp³-hybridized carbons (Fsp3) is 0.250. The molecule has 6 heteroatoms. The summed E-state index contributed by atoms with van der Waals surface area (Å²) in [6.07, 6.45) is 2.13. The number of Topliss-reactive ketones (excluding diaryl/α,β-unsaturated/α-hetero) is 1. The Kier molecular flexibility index (Phi) is 3.16. The molecule has 2 aliphatic heterocycles. The molecule has 0 amide bonds. The molecular formula is C20H17NO5. The Bertz CT molecular complexity index is 978. The molecule has 132 valence electrons. The van der Waals surface area contributed by atoms with Crippen LogP contribution in [0.4, 0.5) is 5.69 Å². The van der Waals surface area contributed by atoms with E-state index in [2.05, 4.69) is 5.32 Å². The van der Waals surface area contributed by atoms with Crippen molar-refractivity contribution in [2.45, 2.75) is 25.2 Å². The third kappa shape index (κ3) is 2.15. The summed E-state index contributed by atoms with van der Waals surface area (Å²) in [4.78, 5) is 12.7. The highest BCUT2D eigenvalue weighted by Crippen LogP contribution is 2.50. The minimum absolute atomic E-state index is 0.111. The first-order valence-electron chi connectivity index (χ1n) is 8.60. The van der Waals surface area contributed by atoms with Crippen LogP contribution in [0.3, 0.4) is 0 Å². The number of phenolic OH excluding ortho intramolecular Hbond substituents is 2. The average molecular weight is 351 g/mol. The molecule has 0 radical (unpaired) electrons. The monoisotopic (exact) mass is 351 g/mol. The number of fused-ring (bicyclic) bond motifs is 2. The summed E-state index contributed by atoms with van der Waals surface area (Å²) >= 11 is 0. The predicted octanol–water partition coefficient (Wildman–Crippen LogP) is 3.39. The first-order chi connectivity index (χ1) is 12.6. The highest BCUT2D eigenvalue weighted by molar-refractivity contribution is 6.01. The summed E-state index contributed by atoms with van der Waals surface area (Å²) in [6, 6.07) is 8.50. The van der Waals surface area contributed by atoms with E-state index in [4.69, 9.17) is 9.47 Å². The molecule has 0 saturated carbocycles. The normalized spacial score (nSPS) is 20.5. The predicted molar refractivity (Wildman–Crippen MR) is 93.7 cm³/mol. The van der Waals surface area contributed by atoms with Crippen LogP contribution >= 0.6 is 0 Å². The van der Waals surface area contributed by atoms with Gasteiger partial charge >= 0.3 is 0 Å². The van der Waals surface area contributed by atoms with Crippen molar-refractivity contribution in [2.75, 3.05) is 12.1 Å². The molecule has 0 fully saturated rings. The minimum atomic E-state index is -0.324. The Morgan fingerprint density at radius 3 is 2.62 bits per heavy atom. The second-order valence-corrected chi connectivity index (χ2v) is 6.77. The Morgan fingerprint density at radius 2 is 1.81 bits per heavy atom. The number of ketones is 1. The van der Waals surface area contributed by atoms with E-state index in [9.17, 15) is 15.0 Å². The molecular weight excluding hydrogens is 334 g/mol. The van der Waals surface area contributed by atoms with E-state index >= 15 is 0 Å². The fourth-order valence-electron chi connectivity index (χ4n) is 4.02. The fourth-order valence-corrected chi connectivity index (χ4v) is 4.02. The maximum Gasteiger partial charge on any atom is 0.231 e. The van der Waals surface area contributed by atoms with Crippen molar-refractivity contribution < 1.29 is 24.5 Å². The standard InChI is InChI=1S/C20H17NO5/c22-14-5-4-10(6-16(14)24)19-11-7-17-18(26-9-25-17)8-13(11)21-12-2-1-3-15(23)20(12)19/h4-8,19,21-22,24H,1-3,9H2. The van der Waals surface area contributed by atoms with Crippen LogP contribution in [-0.2, 0) is 4.79 Å². The van der Waals surface area contributed by atoms with Crippen LogP contribution in [0.5, 0.6) is 23.0 Å².